The first kappa shape index (κ1) is 20.5. The van der Waals surface area contributed by atoms with Crippen LogP contribution in [0.5, 0.6) is 5.75 Å². The standard InChI is InChI=1S/C21H27N3O3/c1-3-13-22-20(25)14-24(2)15-21(26)23-18-9-11-19(12-10-18)27-16-17-7-5-4-6-8-17/h4-12H,3,13-16H2,1-2H3,(H,22,25)(H,23,26). The summed E-state index contributed by atoms with van der Waals surface area (Å²) in [6, 6.07) is 17.2. The van der Waals surface area contributed by atoms with Crippen molar-refractivity contribution >= 4 is 17.5 Å². The van der Waals surface area contributed by atoms with Crippen LogP contribution in [0, 0.1) is 0 Å². The highest BCUT2D eigenvalue weighted by Crippen LogP contribution is 2.17. The van der Waals surface area contributed by atoms with Gasteiger partial charge in [0.1, 0.15) is 12.4 Å². The van der Waals surface area contributed by atoms with Gasteiger partial charge in [0, 0.05) is 12.2 Å². The molecule has 2 N–H and O–H groups in total. The molecular weight excluding hydrogens is 342 g/mol. The van der Waals surface area contributed by atoms with Gasteiger partial charge in [-0.25, -0.2) is 0 Å². The predicted molar refractivity (Wildman–Crippen MR) is 107 cm³/mol. The van der Waals surface area contributed by atoms with Crippen LogP contribution in [-0.2, 0) is 16.2 Å². The zero-order valence-corrected chi connectivity index (χ0v) is 15.9. The highest BCUT2D eigenvalue weighted by atomic mass is 16.5. The largest absolute Gasteiger partial charge is 0.489 e. The molecular formula is C21H27N3O3. The molecule has 6 nitrogen and oxygen atoms in total. The van der Waals surface area contributed by atoms with Crippen molar-refractivity contribution in [1.29, 1.82) is 0 Å². The Balaban J connectivity index is 1.74. The lowest BCUT2D eigenvalue weighted by molar-refractivity contribution is -0.122. The molecule has 0 radical (unpaired) electrons. The normalized spacial score (nSPS) is 10.5. The second-order valence-electron chi connectivity index (χ2n) is 6.37. The van der Waals surface area contributed by atoms with Crippen LogP contribution >= 0.6 is 0 Å². The van der Waals surface area contributed by atoms with Crippen molar-refractivity contribution in [2.24, 2.45) is 0 Å². The summed E-state index contributed by atoms with van der Waals surface area (Å²) < 4.78 is 5.73. The highest BCUT2D eigenvalue weighted by molar-refractivity contribution is 5.92. The van der Waals surface area contributed by atoms with E-state index >= 15 is 0 Å². The Labute approximate surface area is 160 Å². The first-order valence-corrected chi connectivity index (χ1v) is 9.08. The molecule has 0 spiro atoms. The van der Waals surface area contributed by atoms with Crippen LogP contribution in [0.3, 0.4) is 0 Å². The zero-order valence-electron chi connectivity index (χ0n) is 15.9. The van der Waals surface area contributed by atoms with Gasteiger partial charge >= 0.3 is 0 Å². The topological polar surface area (TPSA) is 70.7 Å². The molecule has 0 bridgehead atoms. The number of amides is 2. The summed E-state index contributed by atoms with van der Waals surface area (Å²) in [4.78, 5) is 25.4. The summed E-state index contributed by atoms with van der Waals surface area (Å²) in [5, 5.41) is 5.61. The Morgan fingerprint density at radius 3 is 2.30 bits per heavy atom. The molecule has 2 amide bonds. The number of benzene rings is 2. The molecule has 144 valence electrons. The summed E-state index contributed by atoms with van der Waals surface area (Å²) in [7, 11) is 1.74. The number of carbonyl (C=O) groups is 2. The number of hydrogen-bond acceptors (Lipinski definition) is 4. The second kappa shape index (κ2) is 11.0. The average molecular weight is 369 g/mol. The summed E-state index contributed by atoms with van der Waals surface area (Å²) in [5.74, 6) is 0.493. The number of nitrogens with zero attached hydrogens (tertiary/aromatic N) is 1. The first-order valence-electron chi connectivity index (χ1n) is 9.08. The molecule has 0 saturated carbocycles. The second-order valence-corrected chi connectivity index (χ2v) is 6.37. The van der Waals surface area contributed by atoms with Crippen LogP contribution in [0.25, 0.3) is 0 Å². The molecule has 2 rings (SSSR count). The third-order valence-corrected chi connectivity index (χ3v) is 3.79. The summed E-state index contributed by atoms with van der Waals surface area (Å²) in [6.07, 6.45) is 0.890. The van der Waals surface area contributed by atoms with Crippen LogP contribution in [0.2, 0.25) is 0 Å². The Kier molecular flexibility index (Phi) is 8.32. The number of hydrogen-bond donors (Lipinski definition) is 2. The summed E-state index contributed by atoms with van der Waals surface area (Å²) in [6.45, 7) is 3.48. The molecule has 27 heavy (non-hydrogen) atoms. The van der Waals surface area contributed by atoms with Gasteiger partial charge in [-0.2, -0.15) is 0 Å². The molecule has 0 saturated heterocycles. The smallest absolute Gasteiger partial charge is 0.238 e. The average Bonchev–Trinajstić information content (AvgIpc) is 2.66. The predicted octanol–water partition coefficient (Wildman–Crippen LogP) is 2.66. The Hall–Kier alpha value is -2.86. The van der Waals surface area contributed by atoms with E-state index in [1.54, 1.807) is 24.1 Å². The van der Waals surface area contributed by atoms with Gasteiger partial charge in [-0.15, -0.1) is 0 Å². The third-order valence-electron chi connectivity index (χ3n) is 3.79. The van der Waals surface area contributed by atoms with Crippen molar-refractivity contribution in [3.05, 3.63) is 60.2 Å². The van der Waals surface area contributed by atoms with Crippen LogP contribution < -0.4 is 15.4 Å². The fraction of sp³-hybridized carbons (Fsp3) is 0.333. The van der Waals surface area contributed by atoms with Crippen molar-refractivity contribution < 1.29 is 14.3 Å². The summed E-state index contributed by atoms with van der Waals surface area (Å²) in [5.41, 5.74) is 1.79. The maximum absolute atomic E-state index is 12.1. The molecule has 2 aromatic rings. The van der Waals surface area contributed by atoms with Gasteiger partial charge in [0.05, 0.1) is 13.1 Å². The molecule has 0 atom stereocenters. The fourth-order valence-electron chi connectivity index (χ4n) is 2.44. The molecule has 6 heteroatoms. The van der Waals surface area contributed by atoms with Crippen LogP contribution in [0.4, 0.5) is 5.69 Å². The third kappa shape index (κ3) is 7.92. The van der Waals surface area contributed by atoms with Gasteiger partial charge in [-0.3, -0.25) is 14.5 Å². The number of carbonyl (C=O) groups excluding carboxylic acids is 2. The van der Waals surface area contributed by atoms with E-state index in [4.69, 9.17) is 4.74 Å². The van der Waals surface area contributed by atoms with Gasteiger partial charge in [0.25, 0.3) is 0 Å². The van der Waals surface area contributed by atoms with E-state index in [-0.39, 0.29) is 24.9 Å². The van der Waals surface area contributed by atoms with Gasteiger partial charge in [0.2, 0.25) is 11.8 Å². The van der Waals surface area contributed by atoms with Crippen molar-refractivity contribution in [3.8, 4) is 5.75 Å². The molecule has 0 fully saturated rings. The number of nitrogens with one attached hydrogen (secondary N) is 2. The molecule has 0 aliphatic heterocycles. The fourth-order valence-corrected chi connectivity index (χ4v) is 2.44. The Bertz CT molecular complexity index is 717. The first-order chi connectivity index (χ1) is 13.1. The Morgan fingerprint density at radius 2 is 1.63 bits per heavy atom. The van der Waals surface area contributed by atoms with Crippen LogP contribution in [-0.4, -0.2) is 43.4 Å². The minimum absolute atomic E-state index is 0.0768. The number of likely N-dealkylation sites (N-methyl/N-ethyl adjacent to an activating group) is 1. The monoisotopic (exact) mass is 369 g/mol. The van der Waals surface area contributed by atoms with Crippen molar-refractivity contribution in [2.45, 2.75) is 20.0 Å². The maximum atomic E-state index is 12.1. The molecule has 0 aliphatic rings. The minimum Gasteiger partial charge on any atom is -0.489 e. The van der Waals surface area contributed by atoms with Gasteiger partial charge < -0.3 is 15.4 Å². The lowest BCUT2D eigenvalue weighted by atomic mass is 10.2. The molecule has 0 aromatic heterocycles. The Morgan fingerprint density at radius 1 is 0.963 bits per heavy atom. The van der Waals surface area contributed by atoms with Crippen molar-refractivity contribution in [2.75, 3.05) is 32.0 Å². The van der Waals surface area contributed by atoms with Gasteiger partial charge in [-0.05, 0) is 43.3 Å². The number of ether oxygens (including phenoxy) is 1. The molecule has 0 aliphatic carbocycles. The van der Waals surface area contributed by atoms with E-state index in [9.17, 15) is 9.59 Å². The summed E-state index contributed by atoms with van der Waals surface area (Å²) >= 11 is 0. The molecule has 2 aromatic carbocycles. The van der Waals surface area contributed by atoms with E-state index < -0.39 is 0 Å². The quantitative estimate of drug-likeness (QED) is 0.675. The van der Waals surface area contributed by atoms with E-state index in [0.717, 1.165) is 17.7 Å². The highest BCUT2D eigenvalue weighted by Gasteiger charge is 2.10. The van der Waals surface area contributed by atoms with Crippen LogP contribution in [0.1, 0.15) is 18.9 Å². The molecule has 0 unspecified atom stereocenters. The van der Waals surface area contributed by atoms with Crippen molar-refractivity contribution in [3.63, 3.8) is 0 Å². The minimum atomic E-state index is -0.168. The number of anilines is 1. The zero-order chi connectivity index (χ0) is 19.5. The number of rotatable bonds is 10. The van der Waals surface area contributed by atoms with E-state index in [1.807, 2.05) is 49.4 Å². The lowest BCUT2D eigenvalue weighted by Gasteiger charge is -2.16. The lowest BCUT2D eigenvalue weighted by Crippen LogP contribution is -2.39. The van der Waals surface area contributed by atoms with E-state index in [1.165, 1.54) is 0 Å². The van der Waals surface area contributed by atoms with Crippen molar-refractivity contribution in [1.82, 2.24) is 10.2 Å². The van der Waals surface area contributed by atoms with E-state index in [2.05, 4.69) is 10.6 Å². The van der Waals surface area contributed by atoms with Gasteiger partial charge in [0.15, 0.2) is 0 Å². The SMILES string of the molecule is CCCNC(=O)CN(C)CC(=O)Nc1ccc(OCc2ccccc2)cc1. The van der Waals surface area contributed by atoms with E-state index in [0.29, 0.717) is 18.8 Å². The van der Waals surface area contributed by atoms with Crippen LogP contribution in [0.15, 0.2) is 54.6 Å². The maximum Gasteiger partial charge on any atom is 0.238 e. The van der Waals surface area contributed by atoms with Gasteiger partial charge in [-0.1, -0.05) is 37.3 Å². The molecule has 0 heterocycles.